The number of ether oxygens (including phenoxy) is 1. The summed E-state index contributed by atoms with van der Waals surface area (Å²) in [5.41, 5.74) is 0.372. The fourth-order valence-corrected chi connectivity index (χ4v) is 2.61. The molecule has 0 fully saturated rings. The Morgan fingerprint density at radius 1 is 1.14 bits per heavy atom. The smallest absolute Gasteiger partial charge is 0.306 e. The van der Waals surface area contributed by atoms with Gasteiger partial charge < -0.3 is 4.74 Å². The minimum Gasteiger partial charge on any atom is -0.463 e. The van der Waals surface area contributed by atoms with Gasteiger partial charge in [0.25, 0.3) is 0 Å². The first-order valence-electron chi connectivity index (χ1n) is 8.14. The number of hydrogen-bond donors (Lipinski definition) is 0. The lowest BCUT2D eigenvalue weighted by Gasteiger charge is -2.28. The lowest BCUT2D eigenvalue weighted by atomic mass is 9.76. The summed E-state index contributed by atoms with van der Waals surface area (Å²) in [5.74, 6) is -0.119. The first-order chi connectivity index (χ1) is 10.4. The van der Waals surface area contributed by atoms with Crippen molar-refractivity contribution in [2.24, 2.45) is 5.41 Å². The normalized spacial score (nSPS) is 13.7. The highest BCUT2D eigenvalue weighted by atomic mass is 16.5. The van der Waals surface area contributed by atoms with E-state index in [1.807, 2.05) is 51.1 Å². The van der Waals surface area contributed by atoms with Crippen molar-refractivity contribution in [3.8, 4) is 0 Å². The van der Waals surface area contributed by atoms with Crippen molar-refractivity contribution < 1.29 is 14.3 Å². The molecule has 0 aliphatic rings. The molecule has 3 nitrogen and oxygen atoms in total. The Morgan fingerprint density at radius 3 is 2.32 bits per heavy atom. The van der Waals surface area contributed by atoms with Crippen LogP contribution in [0.2, 0.25) is 0 Å². The van der Waals surface area contributed by atoms with Gasteiger partial charge in [0.2, 0.25) is 0 Å². The van der Waals surface area contributed by atoms with E-state index in [2.05, 4.69) is 6.92 Å². The van der Waals surface area contributed by atoms with Crippen LogP contribution in [-0.4, -0.2) is 17.9 Å². The largest absolute Gasteiger partial charge is 0.463 e. The number of Topliss-reactive ketones (excluding diaryl/α,β-unsaturated/α-hetero) is 1. The Morgan fingerprint density at radius 2 is 1.77 bits per heavy atom. The number of carbonyl (C=O) groups is 2. The van der Waals surface area contributed by atoms with Crippen molar-refractivity contribution in [2.75, 3.05) is 0 Å². The predicted molar refractivity (Wildman–Crippen MR) is 88.9 cm³/mol. The maximum absolute atomic E-state index is 12.5. The van der Waals surface area contributed by atoms with Crippen LogP contribution in [0.1, 0.15) is 70.2 Å². The zero-order valence-electron chi connectivity index (χ0n) is 14.2. The second kappa shape index (κ2) is 8.72. The number of esters is 1. The number of ketones is 1. The molecule has 1 aromatic carbocycles. The molecule has 1 aromatic rings. The summed E-state index contributed by atoms with van der Waals surface area (Å²) >= 11 is 0. The summed E-state index contributed by atoms with van der Waals surface area (Å²) < 4.78 is 5.26. The van der Waals surface area contributed by atoms with Crippen LogP contribution in [0.15, 0.2) is 30.3 Å². The Bertz CT molecular complexity index is 479. The second-order valence-corrected chi connectivity index (χ2v) is 6.60. The lowest BCUT2D eigenvalue weighted by Crippen LogP contribution is -2.27. The van der Waals surface area contributed by atoms with Crippen LogP contribution >= 0.6 is 0 Å². The van der Waals surface area contributed by atoms with Gasteiger partial charge >= 0.3 is 5.97 Å². The zero-order chi connectivity index (χ0) is 16.6. The third-order valence-electron chi connectivity index (χ3n) is 3.76. The number of rotatable bonds is 9. The average molecular weight is 304 g/mol. The van der Waals surface area contributed by atoms with Gasteiger partial charge in [-0.05, 0) is 25.7 Å². The Balaban J connectivity index is 2.77. The molecular weight excluding hydrogens is 276 g/mol. The van der Waals surface area contributed by atoms with Crippen molar-refractivity contribution in [3.63, 3.8) is 0 Å². The molecule has 0 spiro atoms. The van der Waals surface area contributed by atoms with Crippen molar-refractivity contribution in [2.45, 2.75) is 65.9 Å². The molecule has 0 radical (unpaired) electrons. The summed E-state index contributed by atoms with van der Waals surface area (Å²) in [5, 5.41) is 0. The molecule has 0 heterocycles. The molecule has 122 valence electrons. The number of unbranched alkanes of at least 4 members (excludes halogenated alkanes) is 1. The third-order valence-corrected chi connectivity index (χ3v) is 3.76. The zero-order valence-corrected chi connectivity index (χ0v) is 14.2. The van der Waals surface area contributed by atoms with Gasteiger partial charge in [0, 0.05) is 12.0 Å². The highest BCUT2D eigenvalue weighted by Gasteiger charge is 2.31. The minimum absolute atomic E-state index is 0.0940. The minimum atomic E-state index is -0.338. The summed E-state index contributed by atoms with van der Waals surface area (Å²) in [4.78, 5) is 24.5. The van der Waals surface area contributed by atoms with Gasteiger partial charge in [-0.15, -0.1) is 0 Å². The van der Waals surface area contributed by atoms with Gasteiger partial charge in [0.1, 0.15) is 0 Å². The van der Waals surface area contributed by atoms with Gasteiger partial charge in [-0.25, -0.2) is 0 Å². The van der Waals surface area contributed by atoms with Gasteiger partial charge in [-0.3, -0.25) is 9.59 Å². The number of benzene rings is 1. The maximum Gasteiger partial charge on any atom is 0.306 e. The fraction of sp³-hybridized carbons (Fsp3) is 0.579. The van der Waals surface area contributed by atoms with E-state index in [0.29, 0.717) is 18.4 Å². The molecule has 0 saturated heterocycles. The molecule has 0 N–H and O–H groups in total. The van der Waals surface area contributed by atoms with Crippen molar-refractivity contribution in [1.82, 2.24) is 0 Å². The Hall–Kier alpha value is -1.64. The molecule has 22 heavy (non-hydrogen) atoms. The van der Waals surface area contributed by atoms with Crippen LogP contribution in [0, 0.1) is 5.41 Å². The molecule has 0 aliphatic heterocycles. The molecule has 0 aromatic heterocycles. The first kappa shape index (κ1) is 18.4. The van der Waals surface area contributed by atoms with E-state index in [0.717, 1.165) is 19.3 Å². The van der Waals surface area contributed by atoms with E-state index >= 15 is 0 Å². The highest BCUT2D eigenvalue weighted by molar-refractivity contribution is 5.96. The van der Waals surface area contributed by atoms with E-state index in [9.17, 15) is 9.59 Å². The van der Waals surface area contributed by atoms with E-state index in [1.54, 1.807) is 0 Å². The van der Waals surface area contributed by atoms with Crippen molar-refractivity contribution in [1.29, 1.82) is 0 Å². The maximum atomic E-state index is 12.5. The fourth-order valence-electron chi connectivity index (χ4n) is 2.61. The van der Waals surface area contributed by atoms with Crippen molar-refractivity contribution >= 4 is 11.8 Å². The van der Waals surface area contributed by atoms with Gasteiger partial charge in [0.05, 0.1) is 12.5 Å². The monoisotopic (exact) mass is 304 g/mol. The van der Waals surface area contributed by atoms with Crippen LogP contribution in [0.25, 0.3) is 0 Å². The SMILES string of the molecule is CCCC[C@](C)(CC(=O)OC(C)C)CC(=O)c1ccccc1. The van der Waals surface area contributed by atoms with Gasteiger partial charge in [-0.2, -0.15) is 0 Å². The van der Waals surface area contributed by atoms with Crippen LogP contribution in [0.4, 0.5) is 0 Å². The lowest BCUT2D eigenvalue weighted by molar-refractivity contribution is -0.150. The van der Waals surface area contributed by atoms with E-state index < -0.39 is 0 Å². The molecular formula is C19H28O3. The molecule has 0 amide bonds. The molecule has 3 heteroatoms. The van der Waals surface area contributed by atoms with Crippen LogP contribution < -0.4 is 0 Å². The van der Waals surface area contributed by atoms with Crippen LogP contribution in [0.5, 0.6) is 0 Å². The number of carbonyl (C=O) groups excluding carboxylic acids is 2. The van der Waals surface area contributed by atoms with Gasteiger partial charge in [-0.1, -0.05) is 57.0 Å². The van der Waals surface area contributed by atoms with Gasteiger partial charge in [0.15, 0.2) is 5.78 Å². The standard InChI is InChI=1S/C19H28O3/c1-5-6-12-19(4,14-18(21)22-15(2)3)13-17(20)16-10-8-7-9-11-16/h7-11,15H,5-6,12-14H2,1-4H3/t19-/m0/s1. The Kier molecular flexibility index (Phi) is 7.30. The first-order valence-corrected chi connectivity index (χ1v) is 8.14. The summed E-state index contributed by atoms with van der Waals surface area (Å²) in [6.07, 6.45) is 3.47. The highest BCUT2D eigenvalue weighted by Crippen LogP contribution is 2.34. The second-order valence-electron chi connectivity index (χ2n) is 6.60. The van der Waals surface area contributed by atoms with Crippen LogP contribution in [0.3, 0.4) is 0 Å². The topological polar surface area (TPSA) is 43.4 Å². The molecule has 1 rings (SSSR count). The Labute approximate surface area is 134 Å². The van der Waals surface area contributed by atoms with E-state index in [-0.39, 0.29) is 23.3 Å². The summed E-state index contributed by atoms with van der Waals surface area (Å²) in [6, 6.07) is 9.28. The van der Waals surface area contributed by atoms with Crippen molar-refractivity contribution in [3.05, 3.63) is 35.9 Å². The number of hydrogen-bond acceptors (Lipinski definition) is 3. The van der Waals surface area contributed by atoms with E-state index in [4.69, 9.17) is 4.74 Å². The average Bonchev–Trinajstić information content (AvgIpc) is 2.45. The molecule has 1 atom stereocenters. The molecule has 0 saturated carbocycles. The third kappa shape index (κ3) is 6.42. The quantitative estimate of drug-likeness (QED) is 0.486. The molecule has 0 unspecified atom stereocenters. The summed E-state index contributed by atoms with van der Waals surface area (Å²) in [7, 11) is 0. The van der Waals surface area contributed by atoms with Crippen LogP contribution in [-0.2, 0) is 9.53 Å². The summed E-state index contributed by atoms with van der Waals surface area (Å²) in [6.45, 7) is 7.82. The van der Waals surface area contributed by atoms with E-state index in [1.165, 1.54) is 0 Å². The molecule has 0 aliphatic carbocycles. The predicted octanol–water partition coefficient (Wildman–Crippen LogP) is 4.80. The molecule has 0 bridgehead atoms.